The van der Waals surface area contributed by atoms with Crippen molar-refractivity contribution in [3.05, 3.63) is 29.3 Å². The molecule has 0 fully saturated rings. The van der Waals surface area contributed by atoms with E-state index < -0.39 is 21.8 Å². The van der Waals surface area contributed by atoms with Gasteiger partial charge in [0.2, 0.25) is 0 Å². The van der Waals surface area contributed by atoms with E-state index in [-0.39, 0.29) is 0 Å². The van der Waals surface area contributed by atoms with Crippen LogP contribution < -0.4 is 9.47 Å². The van der Waals surface area contributed by atoms with Crippen molar-refractivity contribution >= 4 is 6.08 Å². The Morgan fingerprint density at radius 3 is 2.25 bits per heavy atom. The first-order chi connectivity index (χ1) is 7.69. The molecular weight excluding hydrogens is 279 g/mol. The van der Waals surface area contributed by atoms with Crippen LogP contribution in [0.1, 0.15) is 14.8 Å². The van der Waals surface area contributed by atoms with Crippen molar-refractivity contribution in [2.24, 2.45) is 0 Å². The molecule has 0 saturated carbocycles. The fourth-order valence-corrected chi connectivity index (χ4v) is 5.55. The van der Waals surface area contributed by atoms with E-state index in [1.165, 1.54) is 11.1 Å². The molecule has 0 spiro atoms. The predicted octanol–water partition coefficient (Wildman–Crippen LogP) is 3.49. The van der Waals surface area contributed by atoms with Crippen LogP contribution in [-0.2, 0) is 21.8 Å². The van der Waals surface area contributed by atoms with Crippen molar-refractivity contribution in [3.8, 4) is 11.5 Å². The molecule has 2 nitrogen and oxygen atoms in total. The van der Waals surface area contributed by atoms with E-state index in [0.29, 0.717) is 3.63 Å². The second-order valence-electron chi connectivity index (χ2n) is 4.21. The van der Waals surface area contributed by atoms with Gasteiger partial charge in [-0.3, -0.25) is 0 Å². The summed E-state index contributed by atoms with van der Waals surface area (Å²) >= 11 is -1.31. The fourth-order valence-electron chi connectivity index (χ4n) is 2.21. The Balaban J connectivity index is 2.56. The molecule has 0 N–H and O–H groups in total. The van der Waals surface area contributed by atoms with E-state index in [9.17, 15) is 0 Å². The summed E-state index contributed by atoms with van der Waals surface area (Å²) in [5.41, 5.74) is 2.56. The molecule has 3 heteroatoms. The molecule has 0 amide bonds. The quantitative estimate of drug-likeness (QED) is 0.850. The molecule has 0 saturated heterocycles. The molecule has 0 heterocycles. The Morgan fingerprint density at radius 2 is 1.69 bits per heavy atom. The third-order valence-electron chi connectivity index (χ3n) is 3.04. The van der Waals surface area contributed by atoms with Gasteiger partial charge in [-0.15, -0.1) is 0 Å². The molecule has 1 unspecified atom stereocenters. The van der Waals surface area contributed by atoms with Crippen LogP contribution in [0, 0.1) is 0 Å². The molecule has 1 aliphatic rings. The van der Waals surface area contributed by atoms with E-state index in [0.717, 1.165) is 11.5 Å². The Kier molecular flexibility index (Phi) is 3.54. The minimum atomic E-state index is -1.31. The summed E-state index contributed by atoms with van der Waals surface area (Å²) in [7, 11) is 3.46. The van der Waals surface area contributed by atoms with Gasteiger partial charge in [0.15, 0.2) is 0 Å². The van der Waals surface area contributed by atoms with Gasteiger partial charge in [0.1, 0.15) is 0 Å². The molecule has 1 atom stereocenters. The van der Waals surface area contributed by atoms with Crippen LogP contribution in [-0.4, -0.2) is 14.2 Å². The molecule has 16 heavy (non-hydrogen) atoms. The number of fused-ring (bicyclic) bond motifs is 1. The molecule has 1 aromatic rings. The SMILES string of the molecule is COc1ccc(OC)c2c1C=C[CH]2[Zr]([CH3])[CH3]. The minimum absolute atomic E-state index is 0.627. The number of hydrogen-bond donors (Lipinski definition) is 0. The van der Waals surface area contributed by atoms with Gasteiger partial charge in [-0.2, -0.15) is 0 Å². The number of benzene rings is 1. The molecule has 0 radical (unpaired) electrons. The number of methoxy groups -OCH3 is 2. The zero-order valence-electron chi connectivity index (χ0n) is 10.2. The van der Waals surface area contributed by atoms with Gasteiger partial charge in [0, 0.05) is 0 Å². The topological polar surface area (TPSA) is 18.5 Å². The molecule has 85 valence electrons. The standard InChI is InChI=1S/C11H11O2.2CH3.Zr/c1-12-10-6-7-11(13-2)9-5-3-4-8(9)10;;;/h3-7H,1-2H3;2*1H3;. The summed E-state index contributed by atoms with van der Waals surface area (Å²) in [6.07, 6.45) is 4.51. The molecule has 1 aromatic carbocycles. The van der Waals surface area contributed by atoms with E-state index >= 15 is 0 Å². The van der Waals surface area contributed by atoms with E-state index in [4.69, 9.17) is 9.47 Å². The monoisotopic (exact) mass is 295 g/mol. The summed E-state index contributed by atoms with van der Waals surface area (Å²) in [6, 6.07) is 4.00. The number of rotatable bonds is 3. The van der Waals surface area contributed by atoms with Crippen molar-refractivity contribution in [2.75, 3.05) is 14.2 Å². The van der Waals surface area contributed by atoms with Crippen LogP contribution in [0.25, 0.3) is 6.08 Å². The average Bonchev–Trinajstić information content (AvgIpc) is 2.72. The Morgan fingerprint density at radius 1 is 1.06 bits per heavy atom. The Hall–Kier alpha value is -0.557. The predicted molar refractivity (Wildman–Crippen MR) is 63.0 cm³/mol. The molecular formula is C13H17O2Zr. The zero-order chi connectivity index (χ0) is 11.7. The van der Waals surface area contributed by atoms with Crippen LogP contribution in [0.15, 0.2) is 18.2 Å². The maximum absolute atomic E-state index is 5.47. The Bertz CT molecular complexity index is 424. The van der Waals surface area contributed by atoms with Gasteiger partial charge >= 0.3 is 105 Å². The van der Waals surface area contributed by atoms with E-state index in [1.807, 2.05) is 12.1 Å². The van der Waals surface area contributed by atoms with Crippen LogP contribution in [0.4, 0.5) is 0 Å². The molecule has 1 aliphatic carbocycles. The third kappa shape index (κ3) is 1.86. The van der Waals surface area contributed by atoms with Crippen molar-refractivity contribution in [3.63, 3.8) is 0 Å². The second kappa shape index (κ2) is 4.75. The van der Waals surface area contributed by atoms with Crippen molar-refractivity contribution < 1.29 is 31.2 Å². The molecule has 0 aromatic heterocycles. The third-order valence-corrected chi connectivity index (χ3v) is 7.28. The first-order valence-electron chi connectivity index (χ1n) is 5.42. The van der Waals surface area contributed by atoms with Gasteiger partial charge in [-0.1, -0.05) is 0 Å². The van der Waals surface area contributed by atoms with E-state index in [2.05, 4.69) is 21.4 Å². The molecule has 2 rings (SSSR count). The number of ether oxygens (including phenoxy) is 2. The van der Waals surface area contributed by atoms with Gasteiger partial charge in [0.05, 0.1) is 0 Å². The normalized spacial score (nSPS) is 17.1. The van der Waals surface area contributed by atoms with Crippen molar-refractivity contribution in [1.82, 2.24) is 0 Å². The summed E-state index contributed by atoms with van der Waals surface area (Å²) < 4.78 is 16.3. The van der Waals surface area contributed by atoms with Crippen LogP contribution in [0.3, 0.4) is 0 Å². The number of allylic oxidation sites excluding steroid dienone is 1. The van der Waals surface area contributed by atoms with Gasteiger partial charge in [-0.05, 0) is 0 Å². The van der Waals surface area contributed by atoms with Crippen molar-refractivity contribution in [2.45, 2.75) is 12.9 Å². The van der Waals surface area contributed by atoms with Crippen LogP contribution in [0.5, 0.6) is 11.5 Å². The zero-order valence-corrected chi connectivity index (χ0v) is 12.7. The van der Waals surface area contributed by atoms with Crippen molar-refractivity contribution in [1.29, 1.82) is 0 Å². The first kappa shape index (κ1) is 11.9. The van der Waals surface area contributed by atoms with Gasteiger partial charge in [-0.25, -0.2) is 0 Å². The summed E-state index contributed by atoms with van der Waals surface area (Å²) in [4.78, 5) is 0. The molecule has 0 bridgehead atoms. The van der Waals surface area contributed by atoms with Gasteiger partial charge in [0.25, 0.3) is 0 Å². The average molecular weight is 297 g/mol. The van der Waals surface area contributed by atoms with Crippen LogP contribution in [0.2, 0.25) is 9.26 Å². The maximum atomic E-state index is 5.47. The fraction of sp³-hybridized carbons (Fsp3) is 0.385. The molecule has 0 aliphatic heterocycles. The van der Waals surface area contributed by atoms with Gasteiger partial charge < -0.3 is 0 Å². The van der Waals surface area contributed by atoms with Crippen LogP contribution >= 0.6 is 0 Å². The number of hydrogen-bond acceptors (Lipinski definition) is 2. The summed E-state index contributed by atoms with van der Waals surface area (Å²) in [6.45, 7) is 0. The van der Waals surface area contributed by atoms with E-state index in [1.54, 1.807) is 14.2 Å². The summed E-state index contributed by atoms with van der Waals surface area (Å²) in [5, 5.41) is 0. The Labute approximate surface area is 105 Å². The second-order valence-corrected chi connectivity index (χ2v) is 11.0. The summed E-state index contributed by atoms with van der Waals surface area (Å²) in [5.74, 6) is 1.96. The first-order valence-corrected chi connectivity index (χ1v) is 11.8.